The molecule has 0 fully saturated rings. The van der Waals surface area contributed by atoms with E-state index in [9.17, 15) is 13.5 Å². The number of thiophene rings is 1. The van der Waals surface area contributed by atoms with E-state index in [4.69, 9.17) is 11.6 Å². The number of nitrogens with one attached hydrogen (secondary N) is 1. The van der Waals surface area contributed by atoms with Gasteiger partial charge in [0.1, 0.15) is 5.60 Å². The second-order valence-electron chi connectivity index (χ2n) is 6.09. The Bertz CT molecular complexity index is 963. The summed E-state index contributed by atoms with van der Waals surface area (Å²) in [6, 6.07) is 16.5. The van der Waals surface area contributed by atoms with Crippen molar-refractivity contribution in [2.24, 2.45) is 0 Å². The Morgan fingerprint density at radius 1 is 1.16 bits per heavy atom. The normalized spacial score (nSPS) is 14.5. The molecule has 0 aliphatic rings. The first-order chi connectivity index (χ1) is 11.8. The summed E-state index contributed by atoms with van der Waals surface area (Å²) in [6.45, 7) is 1.50. The van der Waals surface area contributed by atoms with Gasteiger partial charge >= 0.3 is 0 Å². The minimum absolute atomic E-state index is 0.105. The molecule has 0 aliphatic carbocycles. The van der Waals surface area contributed by atoms with Gasteiger partial charge in [-0.15, -0.1) is 11.3 Å². The largest absolute Gasteiger partial charge is 0.383 e. The van der Waals surface area contributed by atoms with Gasteiger partial charge in [-0.3, -0.25) is 0 Å². The topological polar surface area (TPSA) is 66.4 Å². The fourth-order valence-corrected chi connectivity index (χ4v) is 5.11. The Kier molecular flexibility index (Phi) is 5.18. The first-order valence-electron chi connectivity index (χ1n) is 7.69. The predicted molar refractivity (Wildman–Crippen MR) is 103 cm³/mol. The van der Waals surface area contributed by atoms with Gasteiger partial charge in [0.15, 0.2) is 0 Å². The highest BCUT2D eigenvalue weighted by Crippen LogP contribution is 2.33. The quantitative estimate of drug-likeness (QED) is 0.665. The van der Waals surface area contributed by atoms with Crippen LogP contribution >= 0.6 is 22.9 Å². The molecule has 1 aromatic heterocycles. The van der Waals surface area contributed by atoms with E-state index >= 15 is 0 Å². The highest BCUT2D eigenvalue weighted by Gasteiger charge is 2.28. The molecule has 132 valence electrons. The molecule has 3 aromatic rings. The molecule has 1 unspecified atom stereocenters. The molecule has 2 N–H and O–H groups in total. The van der Waals surface area contributed by atoms with E-state index in [-0.39, 0.29) is 12.3 Å². The summed E-state index contributed by atoms with van der Waals surface area (Å²) in [4.78, 5) is 0.717. The summed E-state index contributed by atoms with van der Waals surface area (Å²) in [5.41, 5.74) is -0.768. The lowest BCUT2D eigenvalue weighted by Crippen LogP contribution is -2.38. The van der Waals surface area contributed by atoms with Crippen LogP contribution in [0.3, 0.4) is 0 Å². The van der Waals surface area contributed by atoms with Crippen molar-refractivity contribution in [3.8, 4) is 0 Å². The van der Waals surface area contributed by atoms with Crippen molar-refractivity contribution in [3.63, 3.8) is 0 Å². The fourth-order valence-electron chi connectivity index (χ4n) is 2.46. The third kappa shape index (κ3) is 4.40. The zero-order valence-electron chi connectivity index (χ0n) is 13.6. The molecular formula is C18H18ClNO3S2. The van der Waals surface area contributed by atoms with Crippen LogP contribution in [0, 0.1) is 0 Å². The third-order valence-corrected chi connectivity index (χ3v) is 6.91. The average molecular weight is 396 g/mol. The predicted octanol–water partition coefficient (Wildman–Crippen LogP) is 3.88. The summed E-state index contributed by atoms with van der Waals surface area (Å²) in [5.74, 6) is -0.227. The summed E-state index contributed by atoms with van der Waals surface area (Å²) in [6.07, 6.45) is 0. The Balaban J connectivity index is 1.73. The Labute approximate surface area is 156 Å². The lowest BCUT2D eigenvalue weighted by atomic mass is 10.1. The summed E-state index contributed by atoms with van der Waals surface area (Å²) in [7, 11) is -3.62. The number of rotatable bonds is 6. The zero-order valence-corrected chi connectivity index (χ0v) is 16.0. The minimum atomic E-state index is -3.62. The van der Waals surface area contributed by atoms with Gasteiger partial charge in [-0.05, 0) is 36.1 Å². The SMILES string of the molecule is CC(O)(CNS(=O)(=O)Cc1ccccc1Cl)c1cc2ccccc2s1. The zero-order chi connectivity index (χ0) is 18.1. The molecule has 3 rings (SSSR count). The summed E-state index contributed by atoms with van der Waals surface area (Å²) in [5, 5.41) is 12.2. The van der Waals surface area contributed by atoms with Crippen LogP contribution < -0.4 is 4.72 Å². The molecule has 0 spiro atoms. The van der Waals surface area contributed by atoms with Crippen LogP contribution in [-0.4, -0.2) is 20.1 Å². The lowest BCUT2D eigenvalue weighted by Gasteiger charge is -2.22. The molecule has 0 saturated heterocycles. The number of halogens is 1. The molecule has 0 aliphatic heterocycles. The number of benzene rings is 2. The standard InChI is InChI=1S/C18H18ClNO3S2/c1-18(21,17-10-13-6-3-5-9-16(13)24-17)12-20-25(22,23)11-14-7-2-4-8-15(14)19/h2-10,20-21H,11-12H2,1H3. The van der Waals surface area contributed by atoms with Gasteiger partial charge in [-0.1, -0.05) is 48.0 Å². The van der Waals surface area contributed by atoms with Crippen LogP contribution in [0.5, 0.6) is 0 Å². The monoisotopic (exact) mass is 395 g/mol. The van der Waals surface area contributed by atoms with Crippen molar-refractivity contribution in [1.82, 2.24) is 4.72 Å². The van der Waals surface area contributed by atoms with Crippen LogP contribution in [-0.2, 0) is 21.4 Å². The van der Waals surface area contributed by atoms with E-state index < -0.39 is 15.6 Å². The van der Waals surface area contributed by atoms with Crippen LogP contribution in [0.1, 0.15) is 17.4 Å². The van der Waals surface area contributed by atoms with Gasteiger partial charge in [0.2, 0.25) is 10.0 Å². The lowest BCUT2D eigenvalue weighted by molar-refractivity contribution is 0.0666. The van der Waals surface area contributed by atoms with E-state index in [1.807, 2.05) is 30.3 Å². The maximum atomic E-state index is 12.3. The van der Waals surface area contributed by atoms with Crippen LogP contribution in [0.25, 0.3) is 10.1 Å². The number of aliphatic hydroxyl groups is 1. The van der Waals surface area contributed by atoms with Gasteiger partial charge in [-0.2, -0.15) is 0 Å². The average Bonchev–Trinajstić information content (AvgIpc) is 3.00. The first-order valence-corrected chi connectivity index (χ1v) is 10.5. The van der Waals surface area contributed by atoms with E-state index in [0.29, 0.717) is 15.5 Å². The third-order valence-electron chi connectivity index (χ3n) is 3.90. The van der Waals surface area contributed by atoms with Gasteiger partial charge in [0.05, 0.1) is 5.75 Å². The molecule has 2 aromatic carbocycles. The first kappa shape index (κ1) is 18.4. The van der Waals surface area contributed by atoms with Crippen LogP contribution in [0.2, 0.25) is 5.02 Å². The maximum absolute atomic E-state index is 12.3. The molecule has 0 saturated carbocycles. The molecule has 0 radical (unpaired) electrons. The number of sulfonamides is 1. The molecule has 1 heterocycles. The molecule has 4 nitrogen and oxygen atoms in total. The van der Waals surface area contributed by atoms with Crippen molar-refractivity contribution in [1.29, 1.82) is 0 Å². The Hall–Kier alpha value is -1.44. The second kappa shape index (κ2) is 7.05. The Morgan fingerprint density at radius 3 is 2.56 bits per heavy atom. The van der Waals surface area contributed by atoms with Crippen molar-refractivity contribution >= 4 is 43.0 Å². The minimum Gasteiger partial charge on any atom is -0.383 e. The number of hydrogen-bond acceptors (Lipinski definition) is 4. The Morgan fingerprint density at radius 2 is 1.84 bits per heavy atom. The molecule has 0 amide bonds. The highest BCUT2D eigenvalue weighted by atomic mass is 35.5. The van der Waals surface area contributed by atoms with E-state index in [1.165, 1.54) is 11.3 Å². The number of fused-ring (bicyclic) bond motifs is 1. The van der Waals surface area contributed by atoms with E-state index in [1.54, 1.807) is 31.2 Å². The molecule has 0 bridgehead atoms. The van der Waals surface area contributed by atoms with Crippen molar-refractivity contribution in [2.75, 3.05) is 6.54 Å². The van der Waals surface area contributed by atoms with Crippen molar-refractivity contribution < 1.29 is 13.5 Å². The summed E-state index contributed by atoms with van der Waals surface area (Å²) < 4.78 is 28.2. The molecule has 7 heteroatoms. The van der Waals surface area contributed by atoms with Gasteiger partial charge in [0.25, 0.3) is 0 Å². The molecule has 25 heavy (non-hydrogen) atoms. The van der Waals surface area contributed by atoms with Crippen LogP contribution in [0.15, 0.2) is 54.6 Å². The van der Waals surface area contributed by atoms with Crippen molar-refractivity contribution in [2.45, 2.75) is 18.3 Å². The molecular weight excluding hydrogens is 378 g/mol. The smallest absolute Gasteiger partial charge is 0.215 e. The van der Waals surface area contributed by atoms with Gasteiger partial charge < -0.3 is 5.11 Å². The van der Waals surface area contributed by atoms with E-state index in [0.717, 1.165) is 10.1 Å². The maximum Gasteiger partial charge on any atom is 0.215 e. The van der Waals surface area contributed by atoms with Gasteiger partial charge in [-0.25, -0.2) is 13.1 Å². The number of hydrogen-bond donors (Lipinski definition) is 2. The van der Waals surface area contributed by atoms with E-state index in [2.05, 4.69) is 4.72 Å². The highest BCUT2D eigenvalue weighted by molar-refractivity contribution is 7.88. The van der Waals surface area contributed by atoms with Crippen LogP contribution in [0.4, 0.5) is 0 Å². The van der Waals surface area contributed by atoms with Crippen molar-refractivity contribution in [3.05, 3.63) is 70.1 Å². The fraction of sp³-hybridized carbons (Fsp3) is 0.222. The second-order valence-corrected chi connectivity index (χ2v) is 9.39. The molecule has 1 atom stereocenters. The summed E-state index contributed by atoms with van der Waals surface area (Å²) >= 11 is 7.48. The van der Waals surface area contributed by atoms with Gasteiger partial charge in [0, 0.05) is 21.1 Å².